The van der Waals surface area contributed by atoms with Crippen LogP contribution in [0.2, 0.25) is 0 Å². The number of benzene rings is 2. The number of likely N-dealkylation sites (tertiary alicyclic amines) is 1. The Bertz CT molecular complexity index is 1280. The summed E-state index contributed by atoms with van der Waals surface area (Å²) in [4.78, 5) is 22.5. The Kier molecular flexibility index (Phi) is 8.56. The van der Waals surface area contributed by atoms with E-state index in [1.165, 1.54) is 17.7 Å². The molecule has 0 unspecified atom stereocenters. The number of nitrogens with zero attached hydrogens (tertiary/aromatic N) is 3. The molecular formula is C30H34F3N5O2. The molecule has 2 N–H and O–H groups in total. The first-order chi connectivity index (χ1) is 19.2. The van der Waals surface area contributed by atoms with Crippen molar-refractivity contribution >= 4 is 11.7 Å². The summed E-state index contributed by atoms with van der Waals surface area (Å²) < 4.78 is 41.4. The van der Waals surface area contributed by atoms with E-state index < -0.39 is 6.36 Å². The van der Waals surface area contributed by atoms with Crippen LogP contribution in [0, 0.1) is 6.92 Å². The number of hydrogen-bond donors (Lipinski definition) is 2. The Morgan fingerprint density at radius 3 is 2.40 bits per heavy atom. The third-order valence-corrected chi connectivity index (χ3v) is 7.56. The van der Waals surface area contributed by atoms with E-state index in [2.05, 4.69) is 42.3 Å². The van der Waals surface area contributed by atoms with Crippen molar-refractivity contribution in [2.45, 2.75) is 38.7 Å². The molecular weight excluding hydrogens is 519 g/mol. The van der Waals surface area contributed by atoms with Gasteiger partial charge in [0.1, 0.15) is 11.6 Å². The van der Waals surface area contributed by atoms with E-state index in [1.54, 1.807) is 24.3 Å². The zero-order valence-corrected chi connectivity index (χ0v) is 22.5. The van der Waals surface area contributed by atoms with E-state index in [0.29, 0.717) is 11.1 Å². The van der Waals surface area contributed by atoms with Gasteiger partial charge >= 0.3 is 6.36 Å². The second kappa shape index (κ2) is 12.3. The lowest BCUT2D eigenvalue weighted by Gasteiger charge is -2.32. The maximum Gasteiger partial charge on any atom is 0.573 e. The van der Waals surface area contributed by atoms with Crippen molar-refractivity contribution in [1.82, 2.24) is 20.5 Å². The van der Waals surface area contributed by atoms with Crippen LogP contribution < -0.4 is 20.3 Å². The quantitative estimate of drug-likeness (QED) is 0.440. The van der Waals surface area contributed by atoms with Crippen molar-refractivity contribution in [1.29, 1.82) is 0 Å². The highest BCUT2D eigenvalue weighted by Crippen LogP contribution is 2.30. The van der Waals surface area contributed by atoms with Gasteiger partial charge in [-0.1, -0.05) is 30.3 Å². The molecule has 0 atom stereocenters. The lowest BCUT2D eigenvalue weighted by molar-refractivity contribution is -0.274. The van der Waals surface area contributed by atoms with Crippen LogP contribution in [0.5, 0.6) is 5.75 Å². The second-order valence-electron chi connectivity index (χ2n) is 10.3. The summed E-state index contributed by atoms with van der Waals surface area (Å²) in [7, 11) is 0. The molecule has 2 aromatic carbocycles. The molecule has 0 saturated carbocycles. The third-order valence-electron chi connectivity index (χ3n) is 7.56. The van der Waals surface area contributed by atoms with Crippen LogP contribution in [-0.2, 0) is 6.54 Å². The minimum absolute atomic E-state index is 0.0822. The summed E-state index contributed by atoms with van der Waals surface area (Å²) in [6, 6.07) is 15.5. The van der Waals surface area contributed by atoms with Crippen molar-refractivity contribution < 1.29 is 22.7 Å². The Morgan fingerprint density at radius 2 is 1.75 bits per heavy atom. The lowest BCUT2D eigenvalue weighted by atomic mass is 9.95. The number of halogens is 3. The molecule has 1 aromatic heterocycles. The van der Waals surface area contributed by atoms with Crippen molar-refractivity contribution in [3.63, 3.8) is 0 Å². The van der Waals surface area contributed by atoms with Gasteiger partial charge in [-0.25, -0.2) is 4.98 Å². The van der Waals surface area contributed by atoms with Gasteiger partial charge in [0.25, 0.3) is 5.91 Å². The van der Waals surface area contributed by atoms with Crippen LogP contribution in [0.4, 0.5) is 19.0 Å². The van der Waals surface area contributed by atoms with E-state index in [0.717, 1.165) is 75.6 Å². The number of nitrogens with one attached hydrogen (secondary N) is 2. The average Bonchev–Trinajstić information content (AvgIpc) is 2.95. The summed E-state index contributed by atoms with van der Waals surface area (Å²) >= 11 is 0. The molecule has 0 spiro atoms. The molecule has 40 heavy (non-hydrogen) atoms. The number of anilines is 1. The van der Waals surface area contributed by atoms with Crippen LogP contribution in [0.3, 0.4) is 0 Å². The fourth-order valence-corrected chi connectivity index (χ4v) is 5.38. The summed E-state index contributed by atoms with van der Waals surface area (Å²) in [5.74, 6) is 0.610. The van der Waals surface area contributed by atoms with Gasteiger partial charge in [-0.05, 0) is 66.3 Å². The molecule has 0 radical (unpaired) electrons. The van der Waals surface area contributed by atoms with E-state index in [-0.39, 0.29) is 17.7 Å². The molecule has 0 bridgehead atoms. The van der Waals surface area contributed by atoms with Crippen molar-refractivity contribution in [2.24, 2.45) is 0 Å². The number of aromatic nitrogens is 1. The molecule has 212 valence electrons. The van der Waals surface area contributed by atoms with Gasteiger partial charge in [0.05, 0.1) is 0 Å². The fraction of sp³-hybridized carbons (Fsp3) is 0.400. The predicted octanol–water partition coefficient (Wildman–Crippen LogP) is 4.76. The summed E-state index contributed by atoms with van der Waals surface area (Å²) in [5.41, 5.74) is 4.03. The van der Waals surface area contributed by atoms with Gasteiger partial charge in [0.2, 0.25) is 0 Å². The highest BCUT2D eigenvalue weighted by Gasteiger charge is 2.31. The molecule has 3 aromatic rings. The smallest absolute Gasteiger partial charge is 0.406 e. The Morgan fingerprint density at radius 1 is 1.02 bits per heavy atom. The first kappa shape index (κ1) is 27.9. The van der Waals surface area contributed by atoms with Crippen LogP contribution in [0.15, 0.2) is 60.8 Å². The number of carbonyl (C=O) groups is 1. The number of rotatable bonds is 7. The first-order valence-corrected chi connectivity index (χ1v) is 13.6. The minimum atomic E-state index is -4.74. The van der Waals surface area contributed by atoms with Gasteiger partial charge in [-0.3, -0.25) is 9.69 Å². The van der Waals surface area contributed by atoms with Crippen LogP contribution in [0.1, 0.15) is 34.3 Å². The van der Waals surface area contributed by atoms with Gasteiger partial charge < -0.3 is 20.3 Å². The molecule has 0 aliphatic carbocycles. The van der Waals surface area contributed by atoms with Gasteiger partial charge in [-0.15, -0.1) is 13.2 Å². The standard InChI is InChI=1S/C30H34F3N5O2/c1-21-26(23-6-8-25(9-7-23)40-30(31,32)33)3-2-4-27(21)29(39)36-24-11-15-37(16-12-24)20-22-5-10-28(35-19-22)38-17-13-34-14-18-38/h2-10,19,24,34H,11-18,20H2,1H3,(H,36,39). The molecule has 2 saturated heterocycles. The van der Waals surface area contributed by atoms with Crippen molar-refractivity contribution in [2.75, 3.05) is 44.2 Å². The SMILES string of the molecule is Cc1c(C(=O)NC2CCN(Cc3ccc(N4CCNCC4)nc3)CC2)cccc1-c1ccc(OC(F)(F)F)cc1. The normalized spacial score (nSPS) is 17.1. The number of amides is 1. The second-order valence-corrected chi connectivity index (χ2v) is 10.3. The van der Waals surface area contributed by atoms with Gasteiger partial charge in [-0.2, -0.15) is 0 Å². The molecule has 3 heterocycles. The Labute approximate surface area is 232 Å². The number of ether oxygens (including phenoxy) is 1. The lowest BCUT2D eigenvalue weighted by Crippen LogP contribution is -2.44. The summed E-state index contributed by atoms with van der Waals surface area (Å²) in [6.45, 7) is 8.38. The number of carbonyl (C=O) groups excluding carboxylic acids is 1. The Hall–Kier alpha value is -3.63. The average molecular weight is 554 g/mol. The predicted molar refractivity (Wildman–Crippen MR) is 148 cm³/mol. The topological polar surface area (TPSA) is 69.7 Å². The molecule has 5 rings (SSSR count). The number of piperidine rings is 1. The Balaban J connectivity index is 1.14. The zero-order valence-electron chi connectivity index (χ0n) is 22.5. The number of alkyl halides is 3. The summed E-state index contributed by atoms with van der Waals surface area (Å²) in [6.07, 6.45) is -1.05. The highest BCUT2D eigenvalue weighted by atomic mass is 19.4. The number of piperazine rings is 1. The fourth-order valence-electron chi connectivity index (χ4n) is 5.38. The van der Waals surface area contributed by atoms with Crippen molar-refractivity contribution in [3.8, 4) is 16.9 Å². The number of pyridine rings is 1. The molecule has 2 aliphatic heterocycles. The highest BCUT2D eigenvalue weighted by molar-refractivity contribution is 5.97. The van der Waals surface area contributed by atoms with Gasteiger partial charge in [0.15, 0.2) is 0 Å². The first-order valence-electron chi connectivity index (χ1n) is 13.6. The molecule has 7 nitrogen and oxygen atoms in total. The number of hydrogen-bond acceptors (Lipinski definition) is 6. The molecule has 1 amide bonds. The van der Waals surface area contributed by atoms with E-state index in [9.17, 15) is 18.0 Å². The summed E-state index contributed by atoms with van der Waals surface area (Å²) in [5, 5.41) is 6.54. The van der Waals surface area contributed by atoms with E-state index in [1.807, 2.05) is 19.2 Å². The monoisotopic (exact) mass is 553 g/mol. The largest absolute Gasteiger partial charge is 0.573 e. The van der Waals surface area contributed by atoms with Crippen molar-refractivity contribution in [3.05, 3.63) is 77.5 Å². The van der Waals surface area contributed by atoms with Crippen LogP contribution in [-0.4, -0.2) is 67.5 Å². The van der Waals surface area contributed by atoms with E-state index >= 15 is 0 Å². The molecule has 10 heteroatoms. The maximum atomic E-state index is 13.2. The zero-order chi connectivity index (χ0) is 28.1. The van der Waals surface area contributed by atoms with Crippen LogP contribution in [0.25, 0.3) is 11.1 Å². The van der Waals surface area contributed by atoms with Crippen LogP contribution >= 0.6 is 0 Å². The van der Waals surface area contributed by atoms with Gasteiger partial charge in [0, 0.05) is 63.6 Å². The maximum absolute atomic E-state index is 13.2. The van der Waals surface area contributed by atoms with E-state index in [4.69, 9.17) is 0 Å². The molecule has 2 fully saturated rings. The third kappa shape index (κ3) is 7.11. The molecule has 2 aliphatic rings. The minimum Gasteiger partial charge on any atom is -0.406 e.